The minimum atomic E-state index is -0.498. The second kappa shape index (κ2) is 7.09. The Morgan fingerprint density at radius 3 is 2.73 bits per heavy atom. The number of amides is 1. The van der Waals surface area contributed by atoms with Gasteiger partial charge in [-0.1, -0.05) is 28.1 Å². The predicted octanol–water partition coefficient (Wildman–Crippen LogP) is 3.24. The molecule has 0 saturated carbocycles. The highest BCUT2D eigenvalue weighted by molar-refractivity contribution is 9.10. The Labute approximate surface area is 136 Å². The minimum absolute atomic E-state index is 0.128. The number of aromatic hydroxyl groups is 1. The van der Waals surface area contributed by atoms with E-state index in [9.17, 15) is 9.90 Å². The Morgan fingerprint density at radius 1 is 1.32 bits per heavy atom. The van der Waals surface area contributed by atoms with Crippen LogP contribution in [0.5, 0.6) is 11.5 Å². The molecule has 0 aliphatic carbocycles. The van der Waals surface area contributed by atoms with Crippen molar-refractivity contribution in [1.29, 1.82) is 0 Å². The summed E-state index contributed by atoms with van der Waals surface area (Å²) in [6, 6.07) is 10.2. The van der Waals surface area contributed by atoms with Crippen molar-refractivity contribution in [3.63, 3.8) is 0 Å². The molecular formula is C16H15BrN2O3. The van der Waals surface area contributed by atoms with Gasteiger partial charge in [-0.2, -0.15) is 5.10 Å². The first-order valence-electron chi connectivity index (χ1n) is 6.48. The van der Waals surface area contributed by atoms with Gasteiger partial charge in [-0.3, -0.25) is 4.79 Å². The number of halogens is 1. The average molecular weight is 363 g/mol. The van der Waals surface area contributed by atoms with Crippen molar-refractivity contribution in [2.75, 3.05) is 7.11 Å². The summed E-state index contributed by atoms with van der Waals surface area (Å²) in [4.78, 5) is 11.9. The van der Waals surface area contributed by atoms with Gasteiger partial charge in [0.1, 0.15) is 11.5 Å². The van der Waals surface area contributed by atoms with Gasteiger partial charge < -0.3 is 9.84 Å². The molecule has 6 heteroatoms. The van der Waals surface area contributed by atoms with Crippen molar-refractivity contribution in [2.45, 2.75) is 6.92 Å². The Hall–Kier alpha value is -2.34. The van der Waals surface area contributed by atoms with Crippen LogP contribution in [0, 0.1) is 6.92 Å². The Bertz CT molecular complexity index is 729. The molecule has 0 unspecified atom stereocenters. The predicted molar refractivity (Wildman–Crippen MR) is 88.6 cm³/mol. The molecule has 0 bridgehead atoms. The summed E-state index contributed by atoms with van der Waals surface area (Å²) in [5.41, 5.74) is 4.46. The third-order valence-corrected chi connectivity index (χ3v) is 3.88. The van der Waals surface area contributed by atoms with Crippen LogP contribution in [0.15, 0.2) is 46.0 Å². The number of carbonyl (C=O) groups is 1. The van der Waals surface area contributed by atoms with Gasteiger partial charge in [0.25, 0.3) is 5.91 Å². The Balaban J connectivity index is 2.06. The lowest BCUT2D eigenvalue weighted by atomic mass is 10.2. The number of carbonyl (C=O) groups excluding carboxylic acids is 1. The standard InChI is InChI=1S/C16H15BrN2O3/c1-10-3-4-11(7-14(10)17)9-18-19-16(21)13-6-5-12(22-2)8-15(13)20/h3-9,20H,1-2H3,(H,19,21)/b18-9-. The Kier molecular flexibility index (Phi) is 5.16. The molecule has 0 aliphatic rings. The molecule has 5 nitrogen and oxygen atoms in total. The number of nitrogens with zero attached hydrogens (tertiary/aromatic N) is 1. The van der Waals surface area contributed by atoms with Crippen molar-refractivity contribution in [3.05, 3.63) is 57.6 Å². The largest absolute Gasteiger partial charge is 0.507 e. The zero-order valence-electron chi connectivity index (χ0n) is 12.1. The topological polar surface area (TPSA) is 70.9 Å². The van der Waals surface area contributed by atoms with Crippen molar-refractivity contribution in [1.82, 2.24) is 5.43 Å². The lowest BCUT2D eigenvalue weighted by Crippen LogP contribution is -2.17. The van der Waals surface area contributed by atoms with E-state index in [2.05, 4.69) is 26.5 Å². The highest BCUT2D eigenvalue weighted by Gasteiger charge is 2.11. The molecule has 2 rings (SSSR count). The average Bonchev–Trinajstić information content (AvgIpc) is 2.50. The molecule has 0 atom stereocenters. The second-order valence-electron chi connectivity index (χ2n) is 4.59. The smallest absolute Gasteiger partial charge is 0.275 e. The van der Waals surface area contributed by atoms with Gasteiger partial charge in [0.15, 0.2) is 0 Å². The number of methoxy groups -OCH3 is 1. The summed E-state index contributed by atoms with van der Waals surface area (Å²) in [6.07, 6.45) is 1.53. The van der Waals surface area contributed by atoms with Gasteiger partial charge in [-0.25, -0.2) is 5.43 Å². The van der Waals surface area contributed by atoms with Crippen LogP contribution in [0.25, 0.3) is 0 Å². The first kappa shape index (κ1) is 16.0. The normalized spacial score (nSPS) is 10.7. The maximum atomic E-state index is 11.9. The van der Waals surface area contributed by atoms with E-state index < -0.39 is 5.91 Å². The summed E-state index contributed by atoms with van der Waals surface area (Å²) >= 11 is 3.43. The quantitative estimate of drug-likeness (QED) is 0.647. The number of rotatable bonds is 4. The molecule has 1 amide bonds. The van der Waals surface area contributed by atoms with Crippen LogP contribution in [0.2, 0.25) is 0 Å². The van der Waals surface area contributed by atoms with Gasteiger partial charge in [-0.15, -0.1) is 0 Å². The first-order chi connectivity index (χ1) is 10.5. The van der Waals surface area contributed by atoms with Gasteiger partial charge in [-0.05, 0) is 36.2 Å². The number of hydrazone groups is 1. The number of phenols is 1. The van der Waals surface area contributed by atoms with Gasteiger partial charge in [0, 0.05) is 10.5 Å². The molecule has 22 heavy (non-hydrogen) atoms. The maximum absolute atomic E-state index is 11.9. The second-order valence-corrected chi connectivity index (χ2v) is 5.45. The molecule has 0 radical (unpaired) electrons. The summed E-state index contributed by atoms with van der Waals surface area (Å²) < 4.78 is 5.93. The zero-order valence-corrected chi connectivity index (χ0v) is 13.7. The first-order valence-corrected chi connectivity index (χ1v) is 7.27. The van der Waals surface area contributed by atoms with E-state index in [4.69, 9.17) is 4.74 Å². The van der Waals surface area contributed by atoms with Crippen LogP contribution < -0.4 is 10.2 Å². The van der Waals surface area contributed by atoms with Crippen LogP contribution in [-0.4, -0.2) is 24.3 Å². The van der Waals surface area contributed by atoms with Crippen LogP contribution in [0.4, 0.5) is 0 Å². The van der Waals surface area contributed by atoms with E-state index >= 15 is 0 Å². The maximum Gasteiger partial charge on any atom is 0.275 e. The fourth-order valence-electron chi connectivity index (χ4n) is 1.75. The van der Waals surface area contributed by atoms with Gasteiger partial charge in [0.05, 0.1) is 18.9 Å². The fraction of sp³-hybridized carbons (Fsp3) is 0.125. The van der Waals surface area contributed by atoms with Gasteiger partial charge in [0.2, 0.25) is 0 Å². The summed E-state index contributed by atoms with van der Waals surface area (Å²) in [7, 11) is 1.48. The number of nitrogens with one attached hydrogen (secondary N) is 1. The van der Waals surface area contributed by atoms with Crippen molar-refractivity contribution < 1.29 is 14.6 Å². The number of phenolic OH excluding ortho intramolecular Hbond substituents is 1. The highest BCUT2D eigenvalue weighted by Crippen LogP contribution is 2.23. The van der Waals surface area contributed by atoms with Crippen molar-refractivity contribution in [2.24, 2.45) is 5.10 Å². The van der Waals surface area contributed by atoms with Gasteiger partial charge >= 0.3 is 0 Å². The van der Waals surface area contributed by atoms with E-state index in [1.54, 1.807) is 6.07 Å². The molecule has 0 aliphatic heterocycles. The highest BCUT2D eigenvalue weighted by atomic mass is 79.9. The zero-order chi connectivity index (χ0) is 16.1. The third-order valence-electron chi connectivity index (χ3n) is 3.03. The molecule has 0 saturated heterocycles. The van der Waals surface area contributed by atoms with E-state index in [1.165, 1.54) is 25.5 Å². The minimum Gasteiger partial charge on any atom is -0.507 e. The summed E-state index contributed by atoms with van der Waals surface area (Å²) in [5.74, 6) is -0.185. The molecule has 0 heterocycles. The Morgan fingerprint density at radius 2 is 2.09 bits per heavy atom. The number of benzene rings is 2. The van der Waals surface area contributed by atoms with E-state index in [1.807, 2.05) is 25.1 Å². The number of ether oxygens (including phenoxy) is 1. The lowest BCUT2D eigenvalue weighted by molar-refractivity contribution is 0.0952. The van der Waals surface area contributed by atoms with Crippen molar-refractivity contribution in [3.8, 4) is 11.5 Å². The summed E-state index contributed by atoms with van der Waals surface area (Å²) in [5, 5.41) is 13.7. The molecular weight excluding hydrogens is 348 g/mol. The van der Waals surface area contributed by atoms with E-state index in [0.717, 1.165) is 15.6 Å². The van der Waals surface area contributed by atoms with Crippen LogP contribution >= 0.6 is 15.9 Å². The molecule has 0 spiro atoms. The summed E-state index contributed by atoms with van der Waals surface area (Å²) in [6.45, 7) is 1.99. The van der Waals surface area contributed by atoms with E-state index in [-0.39, 0.29) is 11.3 Å². The number of aryl methyl sites for hydroxylation is 1. The molecule has 2 aromatic rings. The van der Waals surface area contributed by atoms with Crippen LogP contribution in [0.1, 0.15) is 21.5 Å². The fourth-order valence-corrected chi connectivity index (χ4v) is 2.14. The van der Waals surface area contributed by atoms with Crippen molar-refractivity contribution >= 4 is 28.1 Å². The molecule has 114 valence electrons. The number of hydrogen-bond acceptors (Lipinski definition) is 4. The van der Waals surface area contributed by atoms with E-state index in [0.29, 0.717) is 5.75 Å². The molecule has 0 fully saturated rings. The number of hydrogen-bond donors (Lipinski definition) is 2. The van der Waals surface area contributed by atoms with Crippen LogP contribution in [0.3, 0.4) is 0 Å². The monoisotopic (exact) mass is 362 g/mol. The third kappa shape index (κ3) is 3.85. The van der Waals surface area contributed by atoms with Crippen LogP contribution in [-0.2, 0) is 0 Å². The molecule has 2 aromatic carbocycles. The lowest BCUT2D eigenvalue weighted by Gasteiger charge is -2.05. The SMILES string of the molecule is COc1ccc(C(=O)N/N=C\c2ccc(C)c(Br)c2)c(O)c1. The molecule has 2 N–H and O–H groups in total. The molecule has 0 aromatic heterocycles.